The van der Waals surface area contributed by atoms with E-state index >= 15 is 0 Å². The molecule has 0 aliphatic carbocycles. The molecule has 398 valence electrons. The first-order chi connectivity index (χ1) is 35.4. The molecule has 2 unspecified atom stereocenters. The second-order valence-corrected chi connectivity index (χ2v) is 27.3. The van der Waals surface area contributed by atoms with Gasteiger partial charge in [0.05, 0.1) is 79.3 Å². The fourth-order valence-electron chi connectivity index (χ4n) is 5.94. The number of carbonyl (C=O) groups excluding carboxylic acids is 3. The summed E-state index contributed by atoms with van der Waals surface area (Å²) in [6.45, 7) is 9.13. The first-order valence-electron chi connectivity index (χ1n) is 21.6. The average molecular weight is 1350 g/mol. The van der Waals surface area contributed by atoms with Crippen LogP contribution >= 0.6 is 141 Å². The van der Waals surface area contributed by atoms with Crippen LogP contribution in [0, 0.1) is 0 Å². The summed E-state index contributed by atoms with van der Waals surface area (Å²) in [5.74, 6) is 0. The molecule has 2 aliphatic heterocycles. The van der Waals surface area contributed by atoms with Crippen LogP contribution in [-0.2, 0) is 38.5 Å². The number of aldehydes is 3. The summed E-state index contributed by atoms with van der Waals surface area (Å²) in [6.07, 6.45) is 0.848. The van der Waals surface area contributed by atoms with Gasteiger partial charge in [0.25, 0.3) is 0 Å². The summed E-state index contributed by atoms with van der Waals surface area (Å²) in [5, 5.41) is 17.6. The maximum atomic E-state index is 11.0. The maximum absolute atomic E-state index is 11.0. The Hall–Kier alpha value is -1.59. The normalized spacial score (nSPS) is 14.0. The van der Waals surface area contributed by atoms with Crippen LogP contribution in [0.1, 0.15) is 86.5 Å². The van der Waals surface area contributed by atoms with Crippen molar-refractivity contribution in [3.05, 3.63) is 188 Å². The monoisotopic (exact) mass is 1340 g/mol. The number of halogens is 9. The Balaban J connectivity index is 0.000000246. The Morgan fingerprint density at radius 2 is 1.12 bits per heavy atom. The van der Waals surface area contributed by atoms with Crippen molar-refractivity contribution in [2.75, 3.05) is 33.6 Å². The van der Waals surface area contributed by atoms with E-state index in [1.165, 1.54) is 22.7 Å². The first kappa shape index (κ1) is 63.9. The number of alkyl halides is 1. The molecular weight excluding hydrogens is 1300 g/mol. The summed E-state index contributed by atoms with van der Waals surface area (Å²) in [5.41, 5.74) is 2.22. The predicted octanol–water partition coefficient (Wildman–Crippen LogP) is 18.2. The first-order valence-corrected chi connectivity index (χ1v) is 32.0. The molecule has 0 radical (unpaired) electrons. The number of hydrogen-bond donors (Lipinski definition) is 1. The quantitative estimate of drug-likeness (QED) is 0.0998. The Bertz CT molecular complexity index is 2720. The third-order valence-corrected chi connectivity index (χ3v) is 16.6. The molecule has 73 heavy (non-hydrogen) atoms. The van der Waals surface area contributed by atoms with E-state index in [4.69, 9.17) is 94.3 Å². The van der Waals surface area contributed by atoms with Gasteiger partial charge in [0, 0.05) is 35.9 Å². The molecule has 0 amide bonds. The topological polar surface area (TPSA) is 118 Å². The van der Waals surface area contributed by atoms with Crippen LogP contribution in [0.3, 0.4) is 0 Å². The molecule has 0 bridgehead atoms. The van der Waals surface area contributed by atoms with E-state index in [2.05, 4.69) is 60.8 Å². The van der Waals surface area contributed by atoms with Crippen LogP contribution < -0.4 is 0 Å². The van der Waals surface area contributed by atoms with Crippen LogP contribution in [-0.4, -0.2) is 65.9 Å². The van der Waals surface area contributed by atoms with E-state index in [9.17, 15) is 23.9 Å². The fourth-order valence-corrected chi connectivity index (χ4v) is 12.7. The number of rotatable bonds is 11. The molecular formula is C49H46BrCl7CuFO9S4Si. The van der Waals surface area contributed by atoms with Gasteiger partial charge in [-0.15, -0.1) is 45.3 Å². The van der Waals surface area contributed by atoms with Crippen molar-refractivity contribution in [3.63, 3.8) is 0 Å². The number of ether oxygens (including phenoxy) is 4. The van der Waals surface area contributed by atoms with Crippen molar-refractivity contribution in [3.8, 4) is 0 Å². The predicted molar refractivity (Wildman–Crippen MR) is 303 cm³/mol. The van der Waals surface area contributed by atoms with Gasteiger partial charge in [-0.25, -0.2) is 0 Å². The Labute approximate surface area is 493 Å². The van der Waals surface area contributed by atoms with Crippen molar-refractivity contribution >= 4 is 168 Å². The summed E-state index contributed by atoms with van der Waals surface area (Å²) < 4.78 is 44.1. The molecule has 2 aliphatic rings. The number of thiophene rings is 4. The van der Waals surface area contributed by atoms with Gasteiger partial charge in [-0.2, -0.15) is 0 Å². The minimum atomic E-state index is -1.81. The van der Waals surface area contributed by atoms with Crippen LogP contribution in [0.4, 0.5) is 4.39 Å². The van der Waals surface area contributed by atoms with E-state index in [0.717, 1.165) is 42.3 Å². The standard InChI is InChI=1S/C15H16Cl2O2SSi.C12H8Cl2O2S.C7H7BrO2S.C7H7ClO2S.C7H5ClO.CH3F.ClH.Cu/c1-21(2,3)19-14(10-5-4-6-11(16)7-10)15-13(17)8-12(9-18)20-15;13-8-3-1-2-7(4-8)11(16)12-10(14)5-9(6-15)17-12;2*8-5-3-6(11-4-5)7-9-1-2-10-7;8-7-3-1-2-6(4-7)5-9;1-2;;/h4-9,14H,1-3H3;1-6,11,16H;2*3-4,7H,1-2H2;1-5H;1H3;1H;/q;;;;;;;+1/p-1/i;;;;;1D;;. The second-order valence-electron chi connectivity index (χ2n) is 15.2. The van der Waals surface area contributed by atoms with Crippen LogP contribution in [0.25, 0.3) is 0 Å². The van der Waals surface area contributed by atoms with Gasteiger partial charge in [0.2, 0.25) is 0 Å². The van der Waals surface area contributed by atoms with Gasteiger partial charge in [-0.05, 0) is 107 Å². The fraction of sp³-hybridized carbons (Fsp3) is 0.245. The van der Waals surface area contributed by atoms with Gasteiger partial charge in [-0.3, -0.25) is 18.8 Å². The van der Waals surface area contributed by atoms with Crippen LogP contribution in [0.5, 0.6) is 0 Å². The van der Waals surface area contributed by atoms with Gasteiger partial charge in [0.15, 0.2) is 33.5 Å². The molecule has 3 aromatic carbocycles. The molecule has 7 aromatic rings. The molecule has 4 aromatic heterocycles. The van der Waals surface area contributed by atoms with Crippen molar-refractivity contribution in [2.45, 2.75) is 44.4 Å². The zero-order valence-electron chi connectivity index (χ0n) is 39.5. The summed E-state index contributed by atoms with van der Waals surface area (Å²) in [7, 11) is 1.39. The van der Waals surface area contributed by atoms with Crippen molar-refractivity contribution in [1.82, 2.24) is 0 Å². The molecule has 1 N–H and O–H groups in total. The third-order valence-electron chi connectivity index (χ3n) is 8.84. The molecule has 24 heteroatoms. The van der Waals surface area contributed by atoms with E-state index in [-0.39, 0.29) is 18.7 Å². The van der Waals surface area contributed by atoms with E-state index in [1.807, 2.05) is 47.2 Å². The molecule has 9 nitrogen and oxygen atoms in total. The average Bonchev–Trinajstić information content (AvgIpc) is 4.26. The van der Waals surface area contributed by atoms with Gasteiger partial charge >= 0.3 is 25.2 Å². The van der Waals surface area contributed by atoms with E-state index in [1.54, 1.807) is 83.3 Å². The zero-order chi connectivity index (χ0) is 54.8. The SMILES string of the molecule is Brc1csc(C2OCCO2)c1.C[Si](C)(C)OC(c1cccc(Cl)c1)c1sc(C=O)cc1Cl.Clc1csc(C2OCCO2)c1.O=Cc1cc(Cl)c(C(O)c2cccc(Cl)c2)s1.O=Cc1cccc(Cl)c1.[2H]CF.[Cl][Cu]. The summed E-state index contributed by atoms with van der Waals surface area (Å²) >= 11 is 48.3. The number of hydrogen-bond acceptors (Lipinski definition) is 13. The molecule has 2 fully saturated rings. The third kappa shape index (κ3) is 23.1. The molecule has 0 spiro atoms. The molecule has 9 rings (SSSR count). The van der Waals surface area contributed by atoms with Crippen molar-refractivity contribution in [2.24, 2.45) is 0 Å². The summed E-state index contributed by atoms with van der Waals surface area (Å²) in [4.78, 5) is 36.4. The Kier molecular flexibility index (Phi) is 30.7. The van der Waals surface area contributed by atoms with E-state index < -0.39 is 21.6 Å². The van der Waals surface area contributed by atoms with Crippen molar-refractivity contribution in [1.29, 1.82) is 0 Å². The molecule has 0 saturated carbocycles. The van der Waals surface area contributed by atoms with E-state index in [0.29, 0.717) is 83.6 Å². The van der Waals surface area contributed by atoms with Gasteiger partial charge in [-0.1, -0.05) is 106 Å². The Morgan fingerprint density at radius 1 is 0.671 bits per heavy atom. The van der Waals surface area contributed by atoms with Crippen LogP contribution in [0.15, 0.2) is 112 Å². The number of aliphatic hydroxyl groups is 1. The summed E-state index contributed by atoms with van der Waals surface area (Å²) in [6, 6.07) is 28.4. The van der Waals surface area contributed by atoms with Gasteiger partial charge < -0.3 is 28.5 Å². The number of carbonyl (C=O) groups is 3. The van der Waals surface area contributed by atoms with Crippen molar-refractivity contribution < 1.29 is 63.7 Å². The van der Waals surface area contributed by atoms with Crippen LogP contribution in [0.2, 0.25) is 49.8 Å². The molecule has 2 atom stereocenters. The zero-order valence-corrected chi connectivity index (χ0v) is 50.6. The molecule has 2 saturated heterocycles. The minimum absolute atomic E-state index is 0.119. The van der Waals surface area contributed by atoms with Gasteiger partial charge in [0.1, 0.15) is 18.5 Å². The Morgan fingerprint density at radius 3 is 1.53 bits per heavy atom. The molecule has 6 heterocycles. The second kappa shape index (κ2) is 35.0. The number of aliphatic hydroxyl groups excluding tert-OH is 1. The number of benzene rings is 3.